The van der Waals surface area contributed by atoms with Gasteiger partial charge in [0.2, 0.25) is 5.91 Å². The largest absolute Gasteiger partial charge is 0.341 e. The smallest absolute Gasteiger partial charge is 0.252 e. The van der Waals surface area contributed by atoms with Crippen molar-refractivity contribution in [2.24, 2.45) is 0 Å². The highest BCUT2D eigenvalue weighted by Crippen LogP contribution is 2.27. The summed E-state index contributed by atoms with van der Waals surface area (Å²) in [5.74, 6) is -0.242. The first-order chi connectivity index (χ1) is 9.87. The summed E-state index contributed by atoms with van der Waals surface area (Å²) in [6, 6.07) is 11.7. The van der Waals surface area contributed by atoms with Gasteiger partial charge in [-0.05, 0) is 48.9 Å². The van der Waals surface area contributed by atoms with E-state index < -0.39 is 5.54 Å². The summed E-state index contributed by atoms with van der Waals surface area (Å²) in [6.07, 6.45) is 0. The van der Waals surface area contributed by atoms with Gasteiger partial charge in [-0.25, -0.2) is 0 Å². The fourth-order valence-corrected chi connectivity index (χ4v) is 2.95. The van der Waals surface area contributed by atoms with Crippen molar-refractivity contribution in [3.63, 3.8) is 0 Å². The van der Waals surface area contributed by atoms with Gasteiger partial charge in [-0.15, -0.1) is 0 Å². The lowest BCUT2D eigenvalue weighted by molar-refractivity contribution is -0.134. The van der Waals surface area contributed by atoms with E-state index in [9.17, 15) is 9.59 Å². The number of hydrogen-bond acceptors (Lipinski definition) is 2. The number of halogens is 1. The van der Waals surface area contributed by atoms with Crippen molar-refractivity contribution >= 4 is 44.2 Å². The Kier molecular flexibility index (Phi) is 3.24. The van der Waals surface area contributed by atoms with Crippen molar-refractivity contribution in [1.29, 1.82) is 0 Å². The van der Waals surface area contributed by atoms with Crippen LogP contribution in [0.5, 0.6) is 0 Å². The molecule has 108 valence electrons. The van der Waals surface area contributed by atoms with Crippen LogP contribution in [0.2, 0.25) is 0 Å². The zero-order valence-corrected chi connectivity index (χ0v) is 13.4. The molecule has 0 saturated carbocycles. The Labute approximate surface area is 131 Å². The maximum Gasteiger partial charge on any atom is 0.252 e. The lowest BCUT2D eigenvalue weighted by atomic mass is 9.99. The van der Waals surface area contributed by atoms with Gasteiger partial charge in [-0.3, -0.25) is 9.59 Å². The molecule has 0 aromatic heterocycles. The summed E-state index contributed by atoms with van der Waals surface area (Å²) < 4.78 is 1.01. The summed E-state index contributed by atoms with van der Waals surface area (Å²) in [6.45, 7) is 3.50. The minimum absolute atomic E-state index is 0.0598. The molecule has 3 rings (SSSR count). The zero-order valence-electron chi connectivity index (χ0n) is 11.8. The molecule has 0 bridgehead atoms. The average molecular weight is 347 g/mol. The molecule has 1 saturated heterocycles. The number of hydrogen-bond donors (Lipinski definition) is 1. The quantitative estimate of drug-likeness (QED) is 0.863. The summed E-state index contributed by atoms with van der Waals surface area (Å²) in [7, 11) is 0. The number of fused-ring (bicyclic) bond motifs is 1. The highest BCUT2D eigenvalue weighted by Gasteiger charge is 2.39. The van der Waals surface area contributed by atoms with Gasteiger partial charge in [0.15, 0.2) is 0 Å². The van der Waals surface area contributed by atoms with Crippen LogP contribution in [-0.4, -0.2) is 23.9 Å². The van der Waals surface area contributed by atoms with E-state index in [-0.39, 0.29) is 18.4 Å². The van der Waals surface area contributed by atoms with Gasteiger partial charge in [0.1, 0.15) is 12.1 Å². The van der Waals surface area contributed by atoms with Gasteiger partial charge in [0, 0.05) is 10.2 Å². The van der Waals surface area contributed by atoms with Gasteiger partial charge in [-0.2, -0.15) is 0 Å². The average Bonchev–Trinajstić information content (AvgIpc) is 2.42. The van der Waals surface area contributed by atoms with Gasteiger partial charge < -0.3 is 10.2 Å². The lowest BCUT2D eigenvalue weighted by Gasteiger charge is -2.37. The Morgan fingerprint density at radius 1 is 1.10 bits per heavy atom. The van der Waals surface area contributed by atoms with Gasteiger partial charge in [0.25, 0.3) is 5.91 Å². The number of piperazine rings is 1. The fourth-order valence-electron chi connectivity index (χ4n) is 2.57. The molecule has 1 fully saturated rings. The van der Waals surface area contributed by atoms with Crippen LogP contribution in [0.3, 0.4) is 0 Å². The van der Waals surface area contributed by atoms with Crippen LogP contribution in [0, 0.1) is 0 Å². The summed E-state index contributed by atoms with van der Waals surface area (Å²) in [5.41, 5.74) is -0.123. The molecule has 0 aliphatic carbocycles. The third kappa shape index (κ3) is 2.53. The maximum atomic E-state index is 12.5. The lowest BCUT2D eigenvalue weighted by Crippen LogP contribution is -2.64. The van der Waals surface area contributed by atoms with E-state index in [4.69, 9.17) is 0 Å². The summed E-state index contributed by atoms with van der Waals surface area (Å²) in [5, 5.41) is 4.83. The van der Waals surface area contributed by atoms with Gasteiger partial charge >= 0.3 is 0 Å². The van der Waals surface area contributed by atoms with Crippen LogP contribution in [0.15, 0.2) is 40.9 Å². The second-order valence-corrected chi connectivity index (χ2v) is 6.66. The van der Waals surface area contributed by atoms with Crippen LogP contribution >= 0.6 is 15.9 Å². The molecule has 1 N–H and O–H groups in total. The second-order valence-electron chi connectivity index (χ2n) is 5.74. The monoisotopic (exact) mass is 346 g/mol. The third-order valence-corrected chi connectivity index (χ3v) is 4.12. The van der Waals surface area contributed by atoms with Crippen molar-refractivity contribution in [2.75, 3.05) is 11.4 Å². The molecule has 2 aromatic carbocycles. The van der Waals surface area contributed by atoms with Crippen molar-refractivity contribution in [2.45, 2.75) is 19.4 Å². The molecule has 0 radical (unpaired) electrons. The Morgan fingerprint density at radius 2 is 1.76 bits per heavy atom. The van der Waals surface area contributed by atoms with E-state index in [1.54, 1.807) is 18.7 Å². The van der Waals surface area contributed by atoms with Crippen LogP contribution in [0.25, 0.3) is 10.8 Å². The van der Waals surface area contributed by atoms with Crippen LogP contribution in [0.4, 0.5) is 5.69 Å². The van der Waals surface area contributed by atoms with Crippen molar-refractivity contribution in [3.8, 4) is 0 Å². The van der Waals surface area contributed by atoms with Gasteiger partial charge in [-0.1, -0.05) is 28.1 Å². The Morgan fingerprint density at radius 3 is 2.52 bits per heavy atom. The topological polar surface area (TPSA) is 49.4 Å². The van der Waals surface area contributed by atoms with Crippen molar-refractivity contribution in [1.82, 2.24) is 5.32 Å². The first-order valence-electron chi connectivity index (χ1n) is 6.69. The molecular weight excluding hydrogens is 332 g/mol. The Balaban J connectivity index is 2.05. The Hall–Kier alpha value is -1.88. The summed E-state index contributed by atoms with van der Waals surface area (Å²) >= 11 is 3.44. The SMILES string of the molecule is CC1(C)NC(=O)CN(c2ccc3cc(Br)ccc3c2)C1=O. The zero-order chi connectivity index (χ0) is 15.2. The maximum absolute atomic E-state index is 12.5. The molecule has 4 nitrogen and oxygen atoms in total. The molecule has 5 heteroatoms. The van der Waals surface area contributed by atoms with E-state index >= 15 is 0 Å². The van der Waals surface area contributed by atoms with E-state index in [0.29, 0.717) is 0 Å². The fraction of sp³-hybridized carbons (Fsp3) is 0.250. The van der Waals surface area contributed by atoms with Crippen molar-refractivity contribution < 1.29 is 9.59 Å². The number of carbonyl (C=O) groups is 2. The number of nitrogens with zero attached hydrogens (tertiary/aromatic N) is 1. The van der Waals surface area contributed by atoms with E-state index in [1.807, 2.05) is 36.4 Å². The first kappa shape index (κ1) is 14.1. The molecule has 0 atom stereocenters. The molecule has 21 heavy (non-hydrogen) atoms. The molecule has 1 aliphatic rings. The predicted octanol–water partition coefficient (Wildman–Crippen LogP) is 2.84. The highest BCUT2D eigenvalue weighted by atomic mass is 79.9. The van der Waals surface area contributed by atoms with Crippen LogP contribution in [0.1, 0.15) is 13.8 Å². The minimum Gasteiger partial charge on any atom is -0.341 e. The number of benzene rings is 2. The molecule has 1 heterocycles. The molecule has 2 amide bonds. The first-order valence-corrected chi connectivity index (χ1v) is 7.48. The Bertz CT molecular complexity index is 755. The van der Waals surface area contributed by atoms with Crippen LogP contribution in [-0.2, 0) is 9.59 Å². The third-order valence-electron chi connectivity index (χ3n) is 3.63. The summed E-state index contributed by atoms with van der Waals surface area (Å²) in [4.78, 5) is 25.8. The number of anilines is 1. The molecule has 1 aliphatic heterocycles. The second kappa shape index (κ2) is 4.84. The van der Waals surface area contributed by atoms with E-state index in [2.05, 4.69) is 21.2 Å². The molecule has 2 aromatic rings. The van der Waals surface area contributed by atoms with Crippen LogP contribution < -0.4 is 10.2 Å². The number of nitrogens with one attached hydrogen (secondary N) is 1. The molecule has 0 spiro atoms. The highest BCUT2D eigenvalue weighted by molar-refractivity contribution is 9.10. The van der Waals surface area contributed by atoms with E-state index in [1.165, 1.54) is 0 Å². The number of amides is 2. The predicted molar refractivity (Wildman–Crippen MR) is 86.2 cm³/mol. The molecular formula is C16H15BrN2O2. The van der Waals surface area contributed by atoms with E-state index in [0.717, 1.165) is 20.9 Å². The number of rotatable bonds is 1. The molecule has 0 unspecified atom stereocenters. The van der Waals surface area contributed by atoms with Gasteiger partial charge in [0.05, 0.1) is 0 Å². The van der Waals surface area contributed by atoms with Crippen molar-refractivity contribution in [3.05, 3.63) is 40.9 Å². The standard InChI is InChI=1S/C16H15BrN2O2/c1-16(2)15(21)19(9-14(20)18-16)13-6-4-10-7-12(17)5-3-11(10)8-13/h3-8H,9H2,1-2H3,(H,18,20). The minimum atomic E-state index is -0.871. The normalized spacial score (nSPS) is 18.0. The number of carbonyl (C=O) groups excluding carboxylic acids is 2.